The van der Waals surface area contributed by atoms with Crippen LogP contribution in [0.1, 0.15) is 30.9 Å². The fourth-order valence-electron chi connectivity index (χ4n) is 5.35. The summed E-state index contributed by atoms with van der Waals surface area (Å²) in [4.78, 5) is 31.1. The SMILES string of the molecule is CN=C(NCCN1C(=O)C2C3C=CC(C3)C2C1=O)NCc1nnc2n1CCCC2. The van der Waals surface area contributed by atoms with Crippen molar-refractivity contribution in [3.8, 4) is 0 Å². The van der Waals surface area contributed by atoms with E-state index < -0.39 is 0 Å². The second kappa shape index (κ2) is 7.27. The van der Waals surface area contributed by atoms with Crippen LogP contribution in [0.2, 0.25) is 0 Å². The zero-order valence-electron chi connectivity index (χ0n) is 16.7. The van der Waals surface area contributed by atoms with Crippen LogP contribution >= 0.6 is 0 Å². The Labute approximate surface area is 169 Å². The van der Waals surface area contributed by atoms with Crippen LogP contribution in [-0.4, -0.2) is 57.6 Å². The summed E-state index contributed by atoms with van der Waals surface area (Å²) >= 11 is 0. The molecule has 29 heavy (non-hydrogen) atoms. The molecule has 1 aromatic rings. The number of carbonyl (C=O) groups is 2. The number of aromatic nitrogens is 3. The number of hydrogen-bond acceptors (Lipinski definition) is 5. The fourth-order valence-corrected chi connectivity index (χ4v) is 5.35. The standard InChI is InChI=1S/C20H27N7O2/c1-21-20(23-11-15-25-24-14-4-2-3-8-26(14)15)22-7-9-27-18(28)16-12-5-6-13(10-12)17(16)19(27)29/h5-6,12-13,16-17H,2-4,7-11H2,1H3,(H2,21,22,23). The van der Waals surface area contributed by atoms with Crippen molar-refractivity contribution in [1.29, 1.82) is 0 Å². The third-order valence-corrected chi connectivity index (χ3v) is 6.76. The van der Waals surface area contributed by atoms with Gasteiger partial charge in [0.05, 0.1) is 18.4 Å². The van der Waals surface area contributed by atoms with E-state index in [1.807, 2.05) is 0 Å². The number of allylic oxidation sites excluding steroid dienone is 2. The Hall–Kier alpha value is -2.71. The first-order valence-corrected chi connectivity index (χ1v) is 10.6. The van der Waals surface area contributed by atoms with Gasteiger partial charge in [-0.3, -0.25) is 19.5 Å². The van der Waals surface area contributed by atoms with Crippen LogP contribution in [0.15, 0.2) is 17.1 Å². The van der Waals surface area contributed by atoms with Gasteiger partial charge in [0.2, 0.25) is 11.8 Å². The Kier molecular flexibility index (Phi) is 4.60. The van der Waals surface area contributed by atoms with Gasteiger partial charge in [-0.25, -0.2) is 0 Å². The molecule has 4 aliphatic rings. The summed E-state index contributed by atoms with van der Waals surface area (Å²) in [5.41, 5.74) is 0. The molecule has 9 heteroatoms. The van der Waals surface area contributed by atoms with Crippen LogP contribution in [0, 0.1) is 23.7 Å². The average molecular weight is 397 g/mol. The molecule has 1 aromatic heterocycles. The number of aliphatic imine (C=N–C) groups is 1. The van der Waals surface area contributed by atoms with E-state index in [1.54, 1.807) is 7.05 Å². The van der Waals surface area contributed by atoms with Gasteiger partial charge in [0.15, 0.2) is 11.8 Å². The Morgan fingerprint density at radius 2 is 1.90 bits per heavy atom. The molecule has 1 saturated heterocycles. The number of guanidine groups is 1. The maximum atomic E-state index is 12.7. The van der Waals surface area contributed by atoms with E-state index in [0.717, 1.165) is 37.5 Å². The Morgan fingerprint density at radius 1 is 1.14 bits per heavy atom. The predicted molar refractivity (Wildman–Crippen MR) is 106 cm³/mol. The highest BCUT2D eigenvalue weighted by molar-refractivity contribution is 6.06. The Bertz CT molecular complexity index is 859. The molecule has 0 radical (unpaired) electrons. The van der Waals surface area contributed by atoms with E-state index in [9.17, 15) is 9.59 Å². The molecule has 2 bridgehead atoms. The van der Waals surface area contributed by atoms with Crippen LogP contribution in [-0.2, 0) is 29.1 Å². The van der Waals surface area contributed by atoms with Gasteiger partial charge in [-0.1, -0.05) is 12.2 Å². The summed E-state index contributed by atoms with van der Waals surface area (Å²) in [7, 11) is 1.70. The van der Waals surface area contributed by atoms with Crippen LogP contribution in [0.25, 0.3) is 0 Å². The molecule has 2 aliphatic carbocycles. The first kappa shape index (κ1) is 18.3. The molecule has 3 heterocycles. The lowest BCUT2D eigenvalue weighted by Crippen LogP contribution is -2.43. The quantitative estimate of drug-likeness (QED) is 0.316. The summed E-state index contributed by atoms with van der Waals surface area (Å²) in [5.74, 6) is 2.82. The first-order chi connectivity index (χ1) is 14.2. The minimum absolute atomic E-state index is 0.00307. The zero-order valence-corrected chi connectivity index (χ0v) is 16.7. The molecule has 5 rings (SSSR count). The van der Waals surface area contributed by atoms with Gasteiger partial charge in [0.1, 0.15) is 5.82 Å². The second-order valence-corrected chi connectivity index (χ2v) is 8.32. The highest BCUT2D eigenvalue weighted by Crippen LogP contribution is 2.52. The normalized spacial score (nSPS) is 30.1. The first-order valence-electron chi connectivity index (χ1n) is 10.6. The number of hydrogen-bond donors (Lipinski definition) is 2. The number of nitrogens with zero attached hydrogens (tertiary/aromatic N) is 5. The van der Waals surface area contributed by atoms with Gasteiger partial charge in [-0.05, 0) is 31.1 Å². The molecule has 0 spiro atoms. The molecule has 0 aromatic carbocycles. The lowest BCUT2D eigenvalue weighted by molar-refractivity contribution is -0.140. The van der Waals surface area contributed by atoms with Gasteiger partial charge in [-0.2, -0.15) is 0 Å². The van der Waals surface area contributed by atoms with Crippen molar-refractivity contribution in [2.75, 3.05) is 20.1 Å². The van der Waals surface area contributed by atoms with E-state index in [4.69, 9.17) is 0 Å². The molecule has 4 atom stereocenters. The summed E-state index contributed by atoms with van der Waals surface area (Å²) in [5, 5.41) is 15.0. The highest BCUT2D eigenvalue weighted by atomic mass is 16.2. The van der Waals surface area contributed by atoms with Crippen molar-refractivity contribution in [2.24, 2.45) is 28.7 Å². The van der Waals surface area contributed by atoms with Crippen molar-refractivity contribution >= 4 is 17.8 Å². The van der Waals surface area contributed by atoms with Crippen LogP contribution in [0.3, 0.4) is 0 Å². The summed E-state index contributed by atoms with van der Waals surface area (Å²) in [6, 6.07) is 0. The van der Waals surface area contributed by atoms with Crippen molar-refractivity contribution in [3.63, 3.8) is 0 Å². The van der Waals surface area contributed by atoms with E-state index in [2.05, 4.69) is 42.5 Å². The van der Waals surface area contributed by atoms with E-state index in [0.29, 0.717) is 25.6 Å². The van der Waals surface area contributed by atoms with E-state index in [1.165, 1.54) is 11.3 Å². The van der Waals surface area contributed by atoms with Crippen molar-refractivity contribution in [3.05, 3.63) is 23.8 Å². The number of fused-ring (bicyclic) bond motifs is 6. The second-order valence-electron chi connectivity index (χ2n) is 8.32. The lowest BCUT2D eigenvalue weighted by Gasteiger charge is -2.19. The molecule has 2 amide bonds. The van der Waals surface area contributed by atoms with Gasteiger partial charge in [0.25, 0.3) is 0 Å². The largest absolute Gasteiger partial charge is 0.355 e. The summed E-state index contributed by atoms with van der Waals surface area (Å²) < 4.78 is 2.17. The van der Waals surface area contributed by atoms with Crippen LogP contribution in [0.4, 0.5) is 0 Å². The third-order valence-electron chi connectivity index (χ3n) is 6.76. The maximum Gasteiger partial charge on any atom is 0.233 e. The molecular weight excluding hydrogens is 370 g/mol. The number of carbonyl (C=O) groups excluding carboxylic acids is 2. The number of nitrogens with one attached hydrogen (secondary N) is 2. The predicted octanol–water partition coefficient (Wildman–Crippen LogP) is 0.0865. The van der Waals surface area contributed by atoms with Crippen LogP contribution in [0.5, 0.6) is 0 Å². The molecule has 4 unspecified atom stereocenters. The van der Waals surface area contributed by atoms with Gasteiger partial charge in [0, 0.05) is 33.1 Å². The van der Waals surface area contributed by atoms with E-state index in [-0.39, 0.29) is 35.5 Å². The molecule has 2 fully saturated rings. The maximum absolute atomic E-state index is 12.7. The molecule has 9 nitrogen and oxygen atoms in total. The van der Waals surface area contributed by atoms with Gasteiger partial charge >= 0.3 is 0 Å². The number of likely N-dealkylation sites (tertiary alicyclic amines) is 1. The van der Waals surface area contributed by atoms with Crippen LogP contribution < -0.4 is 10.6 Å². The number of imide groups is 1. The van der Waals surface area contributed by atoms with Gasteiger partial charge in [-0.15, -0.1) is 10.2 Å². The molecule has 1 saturated carbocycles. The number of aryl methyl sites for hydroxylation is 1. The zero-order chi connectivity index (χ0) is 20.0. The monoisotopic (exact) mass is 397 g/mol. The smallest absolute Gasteiger partial charge is 0.233 e. The molecule has 154 valence electrons. The third kappa shape index (κ3) is 3.03. The van der Waals surface area contributed by atoms with Gasteiger partial charge < -0.3 is 15.2 Å². The average Bonchev–Trinajstić information content (AvgIpc) is 3.50. The fraction of sp³-hybridized carbons (Fsp3) is 0.650. The topological polar surface area (TPSA) is 105 Å². The molecule has 2 aliphatic heterocycles. The Morgan fingerprint density at radius 3 is 2.62 bits per heavy atom. The van der Waals surface area contributed by atoms with E-state index >= 15 is 0 Å². The highest BCUT2D eigenvalue weighted by Gasteiger charge is 2.58. The molecule has 2 N–H and O–H groups in total. The minimum Gasteiger partial charge on any atom is -0.355 e. The lowest BCUT2D eigenvalue weighted by atomic mass is 9.85. The molecular formula is C20H27N7O2. The van der Waals surface area contributed by atoms with Crippen molar-refractivity contribution < 1.29 is 9.59 Å². The van der Waals surface area contributed by atoms with Crippen molar-refractivity contribution in [2.45, 2.75) is 38.8 Å². The summed E-state index contributed by atoms with van der Waals surface area (Å²) in [6.07, 6.45) is 8.50. The van der Waals surface area contributed by atoms with Crippen molar-refractivity contribution in [1.82, 2.24) is 30.3 Å². The number of rotatable bonds is 5. The Balaban J connectivity index is 1.13. The summed E-state index contributed by atoms with van der Waals surface area (Å²) in [6.45, 7) is 2.33. The minimum atomic E-state index is -0.131. The number of amides is 2.